The molecule has 2 aromatic rings. The summed E-state index contributed by atoms with van der Waals surface area (Å²) in [4.78, 5) is 16.3. The van der Waals surface area contributed by atoms with E-state index in [-0.39, 0.29) is 5.69 Å². The van der Waals surface area contributed by atoms with Gasteiger partial charge in [0.05, 0.1) is 11.8 Å². The molecule has 0 spiro atoms. The summed E-state index contributed by atoms with van der Waals surface area (Å²) in [6.07, 6.45) is 1.00. The number of nitrogens with one attached hydrogen (secondary N) is 3. The van der Waals surface area contributed by atoms with E-state index in [0.717, 1.165) is 11.1 Å². The van der Waals surface area contributed by atoms with Crippen molar-refractivity contribution in [3.63, 3.8) is 0 Å². The van der Waals surface area contributed by atoms with Gasteiger partial charge in [-0.15, -0.1) is 0 Å². The fraction of sp³-hybridized carbons (Fsp3) is 0.250. The van der Waals surface area contributed by atoms with E-state index in [2.05, 4.69) is 15.3 Å². The Morgan fingerprint density at radius 2 is 2.18 bits per heavy atom. The molecule has 90 valence electrons. The van der Waals surface area contributed by atoms with E-state index in [9.17, 15) is 9.90 Å². The van der Waals surface area contributed by atoms with Gasteiger partial charge in [-0.3, -0.25) is 0 Å². The lowest BCUT2D eigenvalue weighted by Gasteiger charge is -2.14. The van der Waals surface area contributed by atoms with Crippen molar-refractivity contribution in [2.24, 2.45) is 0 Å². The second kappa shape index (κ2) is 4.99. The van der Waals surface area contributed by atoms with Crippen molar-refractivity contribution < 1.29 is 5.11 Å². The Morgan fingerprint density at radius 3 is 2.82 bits per heavy atom. The van der Waals surface area contributed by atoms with Gasteiger partial charge in [-0.1, -0.05) is 24.3 Å². The first kappa shape index (κ1) is 11.6. The molecule has 0 saturated carbocycles. The highest BCUT2D eigenvalue weighted by Gasteiger charge is 2.13. The Labute approximate surface area is 98.5 Å². The van der Waals surface area contributed by atoms with Gasteiger partial charge >= 0.3 is 5.69 Å². The minimum atomic E-state index is -0.602. The molecule has 1 aromatic carbocycles. The molecule has 1 unspecified atom stereocenters. The molecule has 2 rings (SSSR count). The van der Waals surface area contributed by atoms with Crippen LogP contribution in [0.15, 0.2) is 35.3 Å². The molecule has 1 aromatic heterocycles. The summed E-state index contributed by atoms with van der Waals surface area (Å²) in [6, 6.07) is 7.45. The number of likely N-dealkylation sites (N-methyl/N-ethyl adjacent to an activating group) is 1. The molecule has 0 bridgehead atoms. The van der Waals surface area contributed by atoms with Crippen LogP contribution in [0, 0.1) is 0 Å². The first-order chi connectivity index (χ1) is 8.22. The Kier molecular flexibility index (Phi) is 3.41. The van der Waals surface area contributed by atoms with Crippen LogP contribution < -0.4 is 11.0 Å². The number of aliphatic hydroxyl groups excluding tert-OH is 1. The van der Waals surface area contributed by atoms with Crippen LogP contribution in [0.2, 0.25) is 0 Å². The van der Waals surface area contributed by atoms with E-state index >= 15 is 0 Å². The molecule has 0 amide bonds. The summed E-state index contributed by atoms with van der Waals surface area (Å²) in [5.74, 6) is 0. The fourth-order valence-corrected chi connectivity index (χ4v) is 1.81. The second-order valence-electron chi connectivity index (χ2n) is 3.82. The third-order valence-electron chi connectivity index (χ3n) is 2.60. The highest BCUT2D eigenvalue weighted by atomic mass is 16.3. The van der Waals surface area contributed by atoms with Crippen LogP contribution in [0.1, 0.15) is 11.7 Å². The first-order valence-electron chi connectivity index (χ1n) is 5.42. The van der Waals surface area contributed by atoms with Crippen molar-refractivity contribution >= 4 is 0 Å². The zero-order chi connectivity index (χ0) is 12.3. The maximum Gasteiger partial charge on any atom is 0.323 e. The van der Waals surface area contributed by atoms with Crippen LogP contribution in [0.25, 0.3) is 11.3 Å². The van der Waals surface area contributed by atoms with E-state index in [4.69, 9.17) is 0 Å². The second-order valence-corrected chi connectivity index (χ2v) is 3.82. The van der Waals surface area contributed by atoms with Gasteiger partial charge in [0.1, 0.15) is 0 Å². The maximum atomic E-state index is 11.1. The van der Waals surface area contributed by atoms with E-state index in [1.54, 1.807) is 13.2 Å². The summed E-state index contributed by atoms with van der Waals surface area (Å²) >= 11 is 0. The largest absolute Gasteiger partial charge is 0.387 e. The van der Waals surface area contributed by atoms with Gasteiger partial charge in [0.15, 0.2) is 0 Å². The molecule has 0 fully saturated rings. The maximum absolute atomic E-state index is 11.1. The zero-order valence-corrected chi connectivity index (χ0v) is 9.53. The van der Waals surface area contributed by atoms with Gasteiger partial charge in [0.25, 0.3) is 0 Å². The lowest BCUT2D eigenvalue weighted by atomic mass is 10.0. The third kappa shape index (κ3) is 2.46. The predicted molar refractivity (Wildman–Crippen MR) is 65.7 cm³/mol. The van der Waals surface area contributed by atoms with Gasteiger partial charge in [-0.05, 0) is 12.6 Å². The van der Waals surface area contributed by atoms with Gasteiger partial charge in [-0.25, -0.2) is 4.79 Å². The Bertz CT molecular complexity index is 544. The minimum Gasteiger partial charge on any atom is -0.387 e. The van der Waals surface area contributed by atoms with Crippen molar-refractivity contribution in [3.05, 3.63) is 46.5 Å². The van der Waals surface area contributed by atoms with Gasteiger partial charge < -0.3 is 20.4 Å². The Balaban J connectivity index is 2.43. The lowest BCUT2D eigenvalue weighted by Crippen LogP contribution is -2.17. The third-order valence-corrected chi connectivity index (χ3v) is 2.60. The molecule has 0 aliphatic heterocycles. The van der Waals surface area contributed by atoms with Crippen LogP contribution in [-0.2, 0) is 0 Å². The van der Waals surface area contributed by atoms with Crippen LogP contribution in [-0.4, -0.2) is 28.7 Å². The number of benzene rings is 1. The van der Waals surface area contributed by atoms with Crippen LogP contribution in [0.3, 0.4) is 0 Å². The number of H-pyrrole nitrogens is 2. The van der Waals surface area contributed by atoms with Crippen LogP contribution in [0.5, 0.6) is 0 Å². The van der Waals surface area contributed by atoms with Crippen molar-refractivity contribution in [2.75, 3.05) is 13.6 Å². The highest BCUT2D eigenvalue weighted by Crippen LogP contribution is 2.25. The standard InChI is InChI=1S/C12H15N3O2/c1-13-7-11(16)9-5-3-2-4-8(9)10-6-14-12(17)15-10/h2-6,11,13,16H,7H2,1H3,(H2,14,15,17). The molecule has 17 heavy (non-hydrogen) atoms. The molecule has 0 radical (unpaired) electrons. The molecule has 0 aliphatic rings. The molecule has 1 atom stereocenters. The van der Waals surface area contributed by atoms with Crippen LogP contribution >= 0.6 is 0 Å². The summed E-state index contributed by atoms with van der Waals surface area (Å²) in [5.41, 5.74) is 2.05. The predicted octanol–water partition coefficient (Wildman–Crippen LogP) is 0.623. The molecule has 0 aliphatic carbocycles. The number of rotatable bonds is 4. The van der Waals surface area contributed by atoms with Crippen LogP contribution in [0.4, 0.5) is 0 Å². The van der Waals surface area contributed by atoms with Crippen molar-refractivity contribution in [2.45, 2.75) is 6.10 Å². The topological polar surface area (TPSA) is 80.9 Å². The van der Waals surface area contributed by atoms with E-state index in [1.807, 2.05) is 24.3 Å². The average molecular weight is 233 g/mol. The van der Waals surface area contributed by atoms with Crippen molar-refractivity contribution in [1.82, 2.24) is 15.3 Å². The number of hydrogen-bond donors (Lipinski definition) is 4. The molecule has 5 heteroatoms. The molecule has 0 saturated heterocycles. The summed E-state index contributed by atoms with van der Waals surface area (Å²) in [7, 11) is 1.78. The normalized spacial score (nSPS) is 12.6. The molecule has 5 nitrogen and oxygen atoms in total. The number of imidazole rings is 1. The quantitative estimate of drug-likeness (QED) is 0.625. The van der Waals surface area contributed by atoms with Crippen molar-refractivity contribution in [1.29, 1.82) is 0 Å². The van der Waals surface area contributed by atoms with E-state index in [1.165, 1.54) is 0 Å². The van der Waals surface area contributed by atoms with E-state index < -0.39 is 6.10 Å². The van der Waals surface area contributed by atoms with Gasteiger partial charge in [0.2, 0.25) is 0 Å². The molecule has 1 heterocycles. The Morgan fingerprint density at radius 1 is 1.41 bits per heavy atom. The fourth-order valence-electron chi connectivity index (χ4n) is 1.81. The summed E-state index contributed by atoms with van der Waals surface area (Å²) in [5, 5.41) is 12.9. The number of aromatic nitrogens is 2. The smallest absolute Gasteiger partial charge is 0.323 e. The van der Waals surface area contributed by atoms with Gasteiger partial charge in [-0.2, -0.15) is 0 Å². The minimum absolute atomic E-state index is 0.252. The highest BCUT2D eigenvalue weighted by molar-refractivity contribution is 5.63. The molecule has 4 N–H and O–H groups in total. The SMILES string of the molecule is CNCC(O)c1ccccc1-c1c[nH]c(=O)[nH]1. The first-order valence-corrected chi connectivity index (χ1v) is 5.42. The van der Waals surface area contributed by atoms with Crippen molar-refractivity contribution in [3.8, 4) is 11.3 Å². The zero-order valence-electron chi connectivity index (χ0n) is 9.53. The van der Waals surface area contributed by atoms with Gasteiger partial charge in [0, 0.05) is 18.3 Å². The summed E-state index contributed by atoms with van der Waals surface area (Å²) < 4.78 is 0. The number of aliphatic hydroxyl groups is 1. The summed E-state index contributed by atoms with van der Waals surface area (Å²) in [6.45, 7) is 0.464. The Hall–Kier alpha value is -1.85. The average Bonchev–Trinajstić information content (AvgIpc) is 2.76. The lowest BCUT2D eigenvalue weighted by molar-refractivity contribution is 0.178. The molecular weight excluding hydrogens is 218 g/mol. The number of aromatic amines is 2. The monoisotopic (exact) mass is 233 g/mol. The van der Waals surface area contributed by atoms with E-state index in [0.29, 0.717) is 12.2 Å². The number of hydrogen-bond acceptors (Lipinski definition) is 3. The molecular formula is C12H15N3O2.